The van der Waals surface area contributed by atoms with Crippen molar-refractivity contribution in [1.29, 1.82) is 0 Å². The van der Waals surface area contributed by atoms with E-state index in [4.69, 9.17) is 4.74 Å². The predicted octanol–water partition coefficient (Wildman–Crippen LogP) is 3.02. The maximum absolute atomic E-state index is 11.9. The lowest BCUT2D eigenvalue weighted by Gasteiger charge is -2.40. The summed E-state index contributed by atoms with van der Waals surface area (Å²) in [5.41, 5.74) is 0.0130. The molecule has 0 N–H and O–H groups in total. The van der Waals surface area contributed by atoms with Crippen molar-refractivity contribution in [3.63, 3.8) is 0 Å². The number of carbonyl (C=O) groups is 1. The van der Waals surface area contributed by atoms with Crippen molar-refractivity contribution in [2.75, 3.05) is 7.11 Å². The molecule has 2 aliphatic carbocycles. The molecular formula is C14H18O2. The van der Waals surface area contributed by atoms with Crippen LogP contribution in [0, 0.1) is 11.3 Å². The van der Waals surface area contributed by atoms with E-state index in [0.29, 0.717) is 5.78 Å². The molecule has 0 radical (unpaired) electrons. The second-order valence-corrected chi connectivity index (χ2v) is 4.59. The van der Waals surface area contributed by atoms with Crippen LogP contribution < -0.4 is 0 Å². The highest BCUT2D eigenvalue weighted by Crippen LogP contribution is 2.46. The van der Waals surface area contributed by atoms with Crippen LogP contribution in [0.5, 0.6) is 0 Å². The molecule has 2 atom stereocenters. The molecule has 0 saturated carbocycles. The second-order valence-electron chi connectivity index (χ2n) is 4.59. The van der Waals surface area contributed by atoms with E-state index in [0.717, 1.165) is 25.7 Å². The van der Waals surface area contributed by atoms with E-state index < -0.39 is 0 Å². The van der Waals surface area contributed by atoms with Gasteiger partial charge >= 0.3 is 0 Å². The van der Waals surface area contributed by atoms with Crippen LogP contribution in [0.15, 0.2) is 36.6 Å². The Balaban J connectivity index is 2.22. The summed E-state index contributed by atoms with van der Waals surface area (Å²) in [6, 6.07) is 0. The van der Waals surface area contributed by atoms with Crippen molar-refractivity contribution in [3.8, 4) is 0 Å². The van der Waals surface area contributed by atoms with Gasteiger partial charge in [0.15, 0.2) is 5.78 Å². The molecule has 86 valence electrons. The van der Waals surface area contributed by atoms with E-state index in [1.807, 2.05) is 12.2 Å². The highest BCUT2D eigenvalue weighted by molar-refractivity contribution is 5.93. The molecule has 0 aromatic heterocycles. The number of hydrogen-bond acceptors (Lipinski definition) is 2. The molecule has 2 nitrogen and oxygen atoms in total. The standard InChI is InChI=1S/C14H18O2/c1-16-11-5-10-14-8-3-2-6-12(14)13(15)7-4-9-14/h3-5,7-8,11-12H,2,6,9-10H2,1H3/b11-5-/t12-,14+/m1/s1. The van der Waals surface area contributed by atoms with Crippen molar-refractivity contribution >= 4 is 5.78 Å². The molecular weight excluding hydrogens is 200 g/mol. The molecule has 2 aliphatic rings. The largest absolute Gasteiger partial charge is 0.505 e. The number of rotatable bonds is 3. The average Bonchev–Trinajstić information content (AvgIpc) is 2.30. The fourth-order valence-corrected chi connectivity index (χ4v) is 2.79. The third-order valence-electron chi connectivity index (χ3n) is 3.62. The zero-order valence-electron chi connectivity index (χ0n) is 9.69. The number of ether oxygens (including phenoxy) is 1. The molecule has 2 heteroatoms. The predicted molar refractivity (Wildman–Crippen MR) is 63.8 cm³/mol. The van der Waals surface area contributed by atoms with Gasteiger partial charge in [-0.2, -0.15) is 0 Å². The normalized spacial score (nSPS) is 33.1. The lowest BCUT2D eigenvalue weighted by atomic mass is 9.62. The molecule has 0 spiro atoms. The SMILES string of the molecule is CO/C=C\C[C@@]12C=CCC[C@@H]1C(=O)C=CC2. The topological polar surface area (TPSA) is 26.3 Å². The number of fused-ring (bicyclic) bond motifs is 1. The van der Waals surface area contributed by atoms with Crippen molar-refractivity contribution in [1.82, 2.24) is 0 Å². The van der Waals surface area contributed by atoms with Crippen molar-refractivity contribution in [3.05, 3.63) is 36.6 Å². The number of methoxy groups -OCH3 is 1. The summed E-state index contributed by atoms with van der Waals surface area (Å²) in [6.07, 6.45) is 15.8. The molecule has 0 amide bonds. The molecule has 2 rings (SSSR count). The Hall–Kier alpha value is -1.31. The van der Waals surface area contributed by atoms with E-state index in [1.54, 1.807) is 19.4 Å². The minimum atomic E-state index is 0.0130. The van der Waals surface area contributed by atoms with E-state index in [-0.39, 0.29) is 11.3 Å². The molecule has 0 fully saturated rings. The molecule has 0 aromatic carbocycles. The van der Waals surface area contributed by atoms with Gasteiger partial charge in [0, 0.05) is 11.3 Å². The highest BCUT2D eigenvalue weighted by Gasteiger charge is 2.41. The summed E-state index contributed by atoms with van der Waals surface area (Å²) in [5, 5.41) is 0. The molecule has 0 bridgehead atoms. The Morgan fingerprint density at radius 2 is 2.44 bits per heavy atom. The molecule has 0 aliphatic heterocycles. The van der Waals surface area contributed by atoms with Gasteiger partial charge in [0.1, 0.15) is 0 Å². The monoisotopic (exact) mass is 218 g/mol. The zero-order valence-corrected chi connectivity index (χ0v) is 9.69. The van der Waals surface area contributed by atoms with Gasteiger partial charge in [-0.3, -0.25) is 4.79 Å². The van der Waals surface area contributed by atoms with Crippen LogP contribution in [0.3, 0.4) is 0 Å². The van der Waals surface area contributed by atoms with Gasteiger partial charge in [0.05, 0.1) is 13.4 Å². The molecule has 0 saturated heterocycles. The molecule has 0 aromatic rings. The van der Waals surface area contributed by atoms with Crippen LogP contribution in [0.4, 0.5) is 0 Å². The fraction of sp³-hybridized carbons (Fsp3) is 0.500. The first-order chi connectivity index (χ1) is 7.78. The van der Waals surface area contributed by atoms with Crippen molar-refractivity contribution in [2.45, 2.75) is 25.7 Å². The summed E-state index contributed by atoms with van der Waals surface area (Å²) in [6.45, 7) is 0. The summed E-state index contributed by atoms with van der Waals surface area (Å²) < 4.78 is 4.93. The van der Waals surface area contributed by atoms with Crippen LogP contribution in [0.1, 0.15) is 25.7 Å². The van der Waals surface area contributed by atoms with Crippen molar-refractivity contribution < 1.29 is 9.53 Å². The van der Waals surface area contributed by atoms with Gasteiger partial charge in [0.25, 0.3) is 0 Å². The fourth-order valence-electron chi connectivity index (χ4n) is 2.79. The molecule has 16 heavy (non-hydrogen) atoms. The van der Waals surface area contributed by atoms with Gasteiger partial charge in [-0.15, -0.1) is 0 Å². The third-order valence-corrected chi connectivity index (χ3v) is 3.62. The lowest BCUT2D eigenvalue weighted by Crippen LogP contribution is -2.37. The first-order valence-corrected chi connectivity index (χ1v) is 5.84. The van der Waals surface area contributed by atoms with E-state index in [9.17, 15) is 4.79 Å². The average molecular weight is 218 g/mol. The maximum atomic E-state index is 11.9. The van der Waals surface area contributed by atoms with E-state index in [2.05, 4.69) is 12.2 Å². The van der Waals surface area contributed by atoms with Gasteiger partial charge in [-0.1, -0.05) is 18.2 Å². The Labute approximate surface area is 96.7 Å². The van der Waals surface area contributed by atoms with Crippen molar-refractivity contribution in [2.24, 2.45) is 11.3 Å². The summed E-state index contributed by atoms with van der Waals surface area (Å²) in [4.78, 5) is 11.9. The van der Waals surface area contributed by atoms with Gasteiger partial charge in [-0.25, -0.2) is 0 Å². The molecule has 0 unspecified atom stereocenters. The first kappa shape index (κ1) is 11.2. The van der Waals surface area contributed by atoms with Gasteiger partial charge < -0.3 is 4.74 Å². The first-order valence-electron chi connectivity index (χ1n) is 5.84. The number of carbonyl (C=O) groups excluding carboxylic acids is 1. The smallest absolute Gasteiger partial charge is 0.159 e. The number of ketones is 1. The third kappa shape index (κ3) is 1.97. The summed E-state index contributed by atoms with van der Waals surface area (Å²) >= 11 is 0. The maximum Gasteiger partial charge on any atom is 0.159 e. The quantitative estimate of drug-likeness (QED) is 0.537. The Morgan fingerprint density at radius 3 is 3.25 bits per heavy atom. The minimum Gasteiger partial charge on any atom is -0.505 e. The van der Waals surface area contributed by atoms with Gasteiger partial charge in [-0.05, 0) is 37.8 Å². The van der Waals surface area contributed by atoms with Crippen LogP contribution in [0.25, 0.3) is 0 Å². The number of allylic oxidation sites excluding steroid dienone is 5. The summed E-state index contributed by atoms with van der Waals surface area (Å²) in [5.74, 6) is 0.463. The Bertz CT molecular complexity index is 352. The van der Waals surface area contributed by atoms with Crippen LogP contribution in [-0.2, 0) is 9.53 Å². The Kier molecular flexibility index (Phi) is 3.28. The lowest BCUT2D eigenvalue weighted by molar-refractivity contribution is -0.122. The number of hydrogen-bond donors (Lipinski definition) is 0. The van der Waals surface area contributed by atoms with E-state index >= 15 is 0 Å². The van der Waals surface area contributed by atoms with Crippen LogP contribution in [0.2, 0.25) is 0 Å². The van der Waals surface area contributed by atoms with Gasteiger partial charge in [0.2, 0.25) is 0 Å². The van der Waals surface area contributed by atoms with Crippen LogP contribution in [-0.4, -0.2) is 12.9 Å². The Morgan fingerprint density at radius 1 is 1.56 bits per heavy atom. The summed E-state index contributed by atoms with van der Waals surface area (Å²) in [7, 11) is 1.65. The van der Waals surface area contributed by atoms with Crippen LogP contribution >= 0.6 is 0 Å². The second kappa shape index (κ2) is 4.69. The van der Waals surface area contributed by atoms with E-state index in [1.165, 1.54) is 0 Å². The molecule has 0 heterocycles. The minimum absolute atomic E-state index is 0.0130. The highest BCUT2D eigenvalue weighted by atomic mass is 16.5. The zero-order chi connectivity index (χ0) is 11.4.